The maximum Gasteiger partial charge on any atom is 0.407 e. The number of carboxylic acids is 1. The van der Waals surface area contributed by atoms with Gasteiger partial charge >= 0.3 is 12.1 Å². The lowest BCUT2D eigenvalue weighted by molar-refractivity contribution is -0.165. The van der Waals surface area contributed by atoms with Gasteiger partial charge in [0.2, 0.25) is 5.91 Å². The van der Waals surface area contributed by atoms with Crippen molar-refractivity contribution in [3.05, 3.63) is 59.7 Å². The number of hydrogen-bond acceptors (Lipinski definition) is 5. The molecule has 0 spiro atoms. The molecule has 2 N–H and O–H groups in total. The molecular formula is C27H32N2O6. The van der Waals surface area contributed by atoms with Gasteiger partial charge in [-0.1, -0.05) is 62.4 Å². The third-order valence-corrected chi connectivity index (χ3v) is 6.91. The molecule has 1 heterocycles. The molecule has 1 fully saturated rings. The molecule has 0 bridgehead atoms. The number of hydrogen-bond donors (Lipinski definition) is 2. The first-order valence-electron chi connectivity index (χ1n) is 12.0. The molecule has 2 aromatic rings. The number of carbonyl (C=O) groups is 3. The van der Waals surface area contributed by atoms with E-state index in [9.17, 15) is 19.5 Å². The number of morpholine rings is 1. The smallest absolute Gasteiger partial charge is 0.407 e. The molecule has 2 amide bonds. The van der Waals surface area contributed by atoms with Gasteiger partial charge in [-0.25, -0.2) is 9.59 Å². The molecule has 4 rings (SSSR count). The fourth-order valence-electron chi connectivity index (χ4n) is 4.98. The highest BCUT2D eigenvalue weighted by atomic mass is 16.5. The van der Waals surface area contributed by atoms with Crippen LogP contribution in [0.3, 0.4) is 0 Å². The molecule has 186 valence electrons. The first-order valence-corrected chi connectivity index (χ1v) is 12.0. The summed E-state index contributed by atoms with van der Waals surface area (Å²) in [6, 6.07) is 14.7. The minimum Gasteiger partial charge on any atom is -0.480 e. The maximum absolute atomic E-state index is 13.0. The van der Waals surface area contributed by atoms with E-state index in [0.717, 1.165) is 22.3 Å². The van der Waals surface area contributed by atoms with E-state index in [4.69, 9.17) is 9.47 Å². The Labute approximate surface area is 205 Å². The van der Waals surface area contributed by atoms with Crippen LogP contribution in [0.15, 0.2) is 48.5 Å². The first kappa shape index (κ1) is 24.7. The van der Waals surface area contributed by atoms with Crippen molar-refractivity contribution in [1.82, 2.24) is 10.2 Å². The standard InChI is InChI=1S/C27H32N2O6/c1-16(2)23(14-24(30)29-12-13-34-17(3)25(29)26(31)32)28-27(33)35-15-22-20-10-6-4-8-18(20)19-9-5-7-11-21(19)22/h4-11,16-17,22-23,25H,12-15H2,1-3H3,(H,28,33)(H,31,32)/t17?,23-,25?/m1/s1. The third kappa shape index (κ3) is 5.17. The number of carbonyl (C=O) groups excluding carboxylic acids is 2. The monoisotopic (exact) mass is 480 g/mol. The Kier molecular flexibility index (Phi) is 7.40. The van der Waals surface area contributed by atoms with Crippen molar-refractivity contribution < 1.29 is 29.0 Å². The van der Waals surface area contributed by atoms with Gasteiger partial charge in [-0.15, -0.1) is 0 Å². The number of fused-ring (bicyclic) bond motifs is 3. The van der Waals surface area contributed by atoms with Crippen LogP contribution in [-0.2, 0) is 19.1 Å². The van der Waals surface area contributed by atoms with Gasteiger partial charge in [0.25, 0.3) is 0 Å². The predicted molar refractivity (Wildman–Crippen MR) is 130 cm³/mol. The number of nitrogens with zero attached hydrogens (tertiary/aromatic N) is 1. The van der Waals surface area contributed by atoms with Crippen molar-refractivity contribution in [2.75, 3.05) is 19.8 Å². The summed E-state index contributed by atoms with van der Waals surface area (Å²) in [7, 11) is 0. The Bertz CT molecular complexity index is 1060. The van der Waals surface area contributed by atoms with Crippen LogP contribution in [0.2, 0.25) is 0 Å². The largest absolute Gasteiger partial charge is 0.480 e. The highest BCUT2D eigenvalue weighted by Gasteiger charge is 2.39. The molecule has 1 aliphatic heterocycles. The fraction of sp³-hybridized carbons (Fsp3) is 0.444. The summed E-state index contributed by atoms with van der Waals surface area (Å²) in [4.78, 5) is 38.8. The number of aliphatic carboxylic acids is 1. The summed E-state index contributed by atoms with van der Waals surface area (Å²) in [6.07, 6.45) is -1.21. The van der Waals surface area contributed by atoms with Crippen molar-refractivity contribution in [1.29, 1.82) is 0 Å². The molecule has 1 aliphatic carbocycles. The molecule has 0 saturated carbocycles. The molecule has 0 aromatic heterocycles. The van der Waals surface area contributed by atoms with Gasteiger partial charge in [0, 0.05) is 24.9 Å². The van der Waals surface area contributed by atoms with Gasteiger partial charge in [0.15, 0.2) is 6.04 Å². The molecule has 8 heteroatoms. The Morgan fingerprint density at radius 1 is 1.09 bits per heavy atom. The van der Waals surface area contributed by atoms with Gasteiger partial charge < -0.3 is 24.8 Å². The van der Waals surface area contributed by atoms with Crippen LogP contribution in [0.1, 0.15) is 44.2 Å². The summed E-state index contributed by atoms with van der Waals surface area (Å²) in [5.41, 5.74) is 4.54. The third-order valence-electron chi connectivity index (χ3n) is 6.91. The lowest BCUT2D eigenvalue weighted by Gasteiger charge is -2.38. The number of carboxylic acid groups (broad SMARTS) is 1. The van der Waals surface area contributed by atoms with Crippen LogP contribution in [-0.4, -0.2) is 65.9 Å². The number of rotatable bonds is 7. The number of benzene rings is 2. The average molecular weight is 481 g/mol. The number of amides is 2. The van der Waals surface area contributed by atoms with E-state index in [-0.39, 0.29) is 43.9 Å². The lowest BCUT2D eigenvalue weighted by Crippen LogP contribution is -2.57. The maximum atomic E-state index is 13.0. The van der Waals surface area contributed by atoms with E-state index in [1.165, 1.54) is 4.90 Å². The van der Waals surface area contributed by atoms with Crippen molar-refractivity contribution in [2.24, 2.45) is 5.92 Å². The fourth-order valence-corrected chi connectivity index (χ4v) is 4.98. The molecule has 2 aliphatic rings. The zero-order chi connectivity index (χ0) is 25.1. The minimum absolute atomic E-state index is 0.0155. The number of nitrogens with one attached hydrogen (secondary N) is 1. The van der Waals surface area contributed by atoms with E-state index in [1.54, 1.807) is 6.92 Å². The van der Waals surface area contributed by atoms with E-state index >= 15 is 0 Å². The van der Waals surface area contributed by atoms with Crippen LogP contribution >= 0.6 is 0 Å². The van der Waals surface area contributed by atoms with Crippen LogP contribution in [0.25, 0.3) is 11.1 Å². The Morgan fingerprint density at radius 2 is 1.69 bits per heavy atom. The first-order chi connectivity index (χ1) is 16.8. The summed E-state index contributed by atoms with van der Waals surface area (Å²) >= 11 is 0. The highest BCUT2D eigenvalue weighted by molar-refractivity contribution is 5.85. The van der Waals surface area contributed by atoms with Gasteiger partial charge in [0.05, 0.1) is 12.7 Å². The minimum atomic E-state index is -1.10. The van der Waals surface area contributed by atoms with Gasteiger partial charge in [-0.2, -0.15) is 0 Å². The SMILES string of the molecule is CC1OCCN(C(=O)C[C@@H](NC(=O)OCC2c3ccccc3-c3ccccc32)C(C)C)C1C(=O)O. The molecule has 3 atom stereocenters. The van der Waals surface area contributed by atoms with E-state index < -0.39 is 30.3 Å². The molecule has 1 saturated heterocycles. The van der Waals surface area contributed by atoms with Crippen LogP contribution < -0.4 is 5.32 Å². The summed E-state index contributed by atoms with van der Waals surface area (Å²) in [6.45, 7) is 6.11. The number of alkyl carbamates (subject to hydrolysis) is 1. The van der Waals surface area contributed by atoms with E-state index in [0.29, 0.717) is 0 Å². The number of ether oxygens (including phenoxy) is 2. The van der Waals surface area contributed by atoms with Crippen LogP contribution in [0.5, 0.6) is 0 Å². The molecular weight excluding hydrogens is 448 g/mol. The lowest BCUT2D eigenvalue weighted by atomic mass is 9.98. The predicted octanol–water partition coefficient (Wildman–Crippen LogP) is 3.64. The summed E-state index contributed by atoms with van der Waals surface area (Å²) in [5, 5.41) is 12.4. The van der Waals surface area contributed by atoms with E-state index in [2.05, 4.69) is 29.6 Å². The van der Waals surface area contributed by atoms with Crippen molar-refractivity contribution in [2.45, 2.75) is 51.3 Å². The van der Waals surface area contributed by atoms with Crippen molar-refractivity contribution in [3.63, 3.8) is 0 Å². The Hall–Kier alpha value is -3.39. The molecule has 8 nitrogen and oxygen atoms in total. The summed E-state index contributed by atoms with van der Waals surface area (Å²) in [5.74, 6) is -1.54. The Balaban J connectivity index is 1.39. The second kappa shape index (κ2) is 10.5. The average Bonchev–Trinajstić information content (AvgIpc) is 3.15. The van der Waals surface area contributed by atoms with Crippen molar-refractivity contribution in [3.8, 4) is 11.1 Å². The van der Waals surface area contributed by atoms with Gasteiger partial charge in [-0.05, 0) is 35.1 Å². The molecule has 2 unspecified atom stereocenters. The molecule has 0 radical (unpaired) electrons. The normalized spacial score (nSPS) is 20.2. The zero-order valence-corrected chi connectivity index (χ0v) is 20.3. The second-order valence-corrected chi connectivity index (χ2v) is 9.47. The van der Waals surface area contributed by atoms with Crippen molar-refractivity contribution >= 4 is 18.0 Å². The molecule has 2 aromatic carbocycles. The quantitative estimate of drug-likeness (QED) is 0.627. The van der Waals surface area contributed by atoms with Gasteiger partial charge in [0.1, 0.15) is 6.61 Å². The topological polar surface area (TPSA) is 105 Å². The highest BCUT2D eigenvalue weighted by Crippen LogP contribution is 2.44. The zero-order valence-electron chi connectivity index (χ0n) is 20.3. The molecule has 35 heavy (non-hydrogen) atoms. The van der Waals surface area contributed by atoms with Gasteiger partial charge in [-0.3, -0.25) is 4.79 Å². The second-order valence-electron chi connectivity index (χ2n) is 9.47. The van der Waals surface area contributed by atoms with E-state index in [1.807, 2.05) is 38.1 Å². The van der Waals surface area contributed by atoms with Crippen LogP contribution in [0, 0.1) is 5.92 Å². The van der Waals surface area contributed by atoms with Crippen LogP contribution in [0.4, 0.5) is 4.79 Å². The summed E-state index contributed by atoms with van der Waals surface area (Å²) < 4.78 is 11.1. The Morgan fingerprint density at radius 3 is 2.26 bits per heavy atom.